The van der Waals surface area contributed by atoms with Crippen molar-refractivity contribution >= 4 is 32.0 Å². The fraction of sp³-hybridized carbons (Fsp3) is 0.667. The van der Waals surface area contributed by atoms with Gasteiger partial charge < -0.3 is 5.32 Å². The zero-order chi connectivity index (χ0) is 15.6. The molecule has 1 N–H and O–H groups in total. The number of hydrogen-bond acceptors (Lipinski definition) is 6. The summed E-state index contributed by atoms with van der Waals surface area (Å²) >= 11 is 0.919. The second-order valence-electron chi connectivity index (χ2n) is 4.96. The Morgan fingerprint density at radius 1 is 1.52 bits per heavy atom. The minimum absolute atomic E-state index is 0.0112. The molecule has 118 valence electrons. The van der Waals surface area contributed by atoms with Crippen LogP contribution in [0.25, 0.3) is 0 Å². The summed E-state index contributed by atoms with van der Waals surface area (Å²) in [4.78, 5) is 10.4. The first kappa shape index (κ1) is 16.2. The molecule has 0 radical (unpaired) electrons. The molecule has 0 aromatic carbocycles. The molecule has 0 aliphatic carbocycles. The van der Waals surface area contributed by atoms with Crippen LogP contribution >= 0.6 is 11.3 Å². The van der Waals surface area contributed by atoms with Gasteiger partial charge in [0.2, 0.25) is 0 Å². The lowest BCUT2D eigenvalue weighted by Gasteiger charge is -2.33. The highest BCUT2D eigenvalue weighted by Crippen LogP contribution is 2.39. The second kappa shape index (κ2) is 6.29. The Morgan fingerprint density at radius 3 is 2.76 bits per heavy atom. The maximum atomic E-state index is 12.7. The average Bonchev–Trinajstić information content (AvgIpc) is 2.92. The van der Waals surface area contributed by atoms with Crippen molar-refractivity contribution in [1.82, 2.24) is 4.31 Å². The van der Waals surface area contributed by atoms with Crippen molar-refractivity contribution in [2.24, 2.45) is 0 Å². The molecule has 2 rings (SSSR count). The molecule has 9 heteroatoms. The molecule has 0 bridgehead atoms. The maximum absolute atomic E-state index is 12.7. The summed E-state index contributed by atoms with van der Waals surface area (Å²) in [6.45, 7) is 2.45. The van der Waals surface area contributed by atoms with Crippen molar-refractivity contribution in [2.75, 3.05) is 18.9 Å². The number of anilines is 1. The summed E-state index contributed by atoms with van der Waals surface area (Å²) in [7, 11) is -2.11. The van der Waals surface area contributed by atoms with Crippen LogP contribution < -0.4 is 5.32 Å². The topological polar surface area (TPSA) is 92.5 Å². The number of thiophene rings is 1. The molecule has 2 heterocycles. The molecule has 1 atom stereocenters. The van der Waals surface area contributed by atoms with Gasteiger partial charge in [-0.1, -0.05) is 24.7 Å². The van der Waals surface area contributed by atoms with E-state index in [1.807, 2.05) is 6.92 Å². The summed E-state index contributed by atoms with van der Waals surface area (Å²) in [5.74, 6) is 0. The highest BCUT2D eigenvalue weighted by molar-refractivity contribution is 7.91. The monoisotopic (exact) mass is 333 g/mol. The first-order valence-corrected chi connectivity index (χ1v) is 9.15. The summed E-state index contributed by atoms with van der Waals surface area (Å²) in [6.07, 6.45) is 3.46. The number of nitrogens with one attached hydrogen (secondary N) is 1. The van der Waals surface area contributed by atoms with Gasteiger partial charge in [0.15, 0.2) is 5.00 Å². The quantitative estimate of drug-likeness (QED) is 0.660. The number of sulfonamides is 1. The Kier molecular flexibility index (Phi) is 4.84. The van der Waals surface area contributed by atoms with Gasteiger partial charge in [-0.05, 0) is 19.3 Å². The molecular weight excluding hydrogens is 314 g/mol. The molecule has 0 saturated carbocycles. The van der Waals surface area contributed by atoms with E-state index in [0.717, 1.165) is 43.1 Å². The Labute approximate surface area is 128 Å². The van der Waals surface area contributed by atoms with Crippen molar-refractivity contribution in [3.8, 4) is 0 Å². The Hall–Kier alpha value is -1.19. The van der Waals surface area contributed by atoms with E-state index >= 15 is 0 Å². The Balaban J connectivity index is 2.41. The van der Waals surface area contributed by atoms with Crippen LogP contribution in [-0.2, 0) is 10.0 Å². The summed E-state index contributed by atoms with van der Waals surface area (Å²) < 4.78 is 27.0. The Morgan fingerprint density at radius 2 is 2.24 bits per heavy atom. The van der Waals surface area contributed by atoms with Crippen LogP contribution in [0.4, 0.5) is 10.7 Å². The second-order valence-corrected chi connectivity index (χ2v) is 8.13. The third kappa shape index (κ3) is 3.04. The van der Waals surface area contributed by atoms with Gasteiger partial charge in [-0.2, -0.15) is 4.31 Å². The third-order valence-corrected chi connectivity index (χ3v) is 7.26. The SMILES string of the molecule is CCC1CCCCN1S(=O)(=O)c1cc([N+](=O)[O-])c(NC)s1. The van der Waals surface area contributed by atoms with Crippen LogP contribution in [0.1, 0.15) is 32.6 Å². The standard InChI is InChI=1S/C12H19N3O4S2/c1-3-9-6-4-5-7-14(9)21(18,19)11-8-10(15(16)17)12(13-2)20-11/h8-9,13H,3-7H2,1-2H3. The Bertz CT molecular complexity index is 626. The lowest BCUT2D eigenvalue weighted by Crippen LogP contribution is -2.42. The number of rotatable bonds is 5. The molecule has 1 aromatic heterocycles. The van der Waals surface area contributed by atoms with Gasteiger partial charge in [0.1, 0.15) is 4.21 Å². The van der Waals surface area contributed by atoms with Crippen LogP contribution in [-0.4, -0.2) is 37.3 Å². The summed E-state index contributed by atoms with van der Waals surface area (Å²) in [6, 6.07) is 1.15. The zero-order valence-corrected chi connectivity index (χ0v) is 13.7. The van der Waals surface area contributed by atoms with Crippen molar-refractivity contribution in [3.63, 3.8) is 0 Å². The van der Waals surface area contributed by atoms with Crippen LogP contribution in [0, 0.1) is 10.1 Å². The summed E-state index contributed by atoms with van der Waals surface area (Å²) in [5, 5.41) is 13.9. The molecule has 1 fully saturated rings. The highest BCUT2D eigenvalue weighted by Gasteiger charge is 2.35. The molecule has 21 heavy (non-hydrogen) atoms. The van der Waals surface area contributed by atoms with E-state index in [-0.39, 0.29) is 20.9 Å². The lowest BCUT2D eigenvalue weighted by molar-refractivity contribution is -0.383. The average molecular weight is 333 g/mol. The highest BCUT2D eigenvalue weighted by atomic mass is 32.2. The zero-order valence-electron chi connectivity index (χ0n) is 12.0. The third-order valence-electron chi connectivity index (χ3n) is 3.72. The molecular formula is C12H19N3O4S2. The van der Waals surface area contributed by atoms with Gasteiger partial charge in [0.25, 0.3) is 10.0 Å². The van der Waals surface area contributed by atoms with Crippen LogP contribution in [0.5, 0.6) is 0 Å². The first-order valence-electron chi connectivity index (χ1n) is 6.89. The molecule has 1 unspecified atom stereocenters. The van der Waals surface area contributed by atoms with Crippen molar-refractivity contribution < 1.29 is 13.3 Å². The van der Waals surface area contributed by atoms with Gasteiger partial charge in [-0.15, -0.1) is 0 Å². The van der Waals surface area contributed by atoms with Crippen LogP contribution in [0.15, 0.2) is 10.3 Å². The van der Waals surface area contributed by atoms with Gasteiger partial charge in [-0.3, -0.25) is 10.1 Å². The molecule has 0 amide bonds. The maximum Gasteiger partial charge on any atom is 0.304 e. The smallest absolute Gasteiger partial charge is 0.304 e. The van der Waals surface area contributed by atoms with E-state index in [0.29, 0.717) is 6.54 Å². The summed E-state index contributed by atoms with van der Waals surface area (Å²) in [5.41, 5.74) is -0.189. The van der Waals surface area contributed by atoms with Crippen LogP contribution in [0.3, 0.4) is 0 Å². The minimum atomic E-state index is -3.66. The van der Waals surface area contributed by atoms with Gasteiger partial charge in [0.05, 0.1) is 4.92 Å². The van der Waals surface area contributed by atoms with E-state index < -0.39 is 14.9 Å². The van der Waals surface area contributed by atoms with E-state index in [9.17, 15) is 18.5 Å². The molecule has 7 nitrogen and oxygen atoms in total. The van der Waals surface area contributed by atoms with E-state index in [2.05, 4.69) is 5.32 Å². The minimum Gasteiger partial charge on any atom is -0.374 e. The molecule has 1 aliphatic heterocycles. The molecule has 0 spiro atoms. The number of piperidine rings is 1. The van der Waals surface area contributed by atoms with Crippen molar-refractivity contribution in [1.29, 1.82) is 0 Å². The molecule has 1 aromatic rings. The van der Waals surface area contributed by atoms with Crippen LogP contribution in [0.2, 0.25) is 0 Å². The number of nitrogens with zero attached hydrogens (tertiary/aromatic N) is 2. The van der Waals surface area contributed by atoms with Gasteiger partial charge in [-0.25, -0.2) is 8.42 Å². The van der Waals surface area contributed by atoms with E-state index in [4.69, 9.17) is 0 Å². The lowest BCUT2D eigenvalue weighted by atomic mass is 10.0. The molecule has 1 saturated heterocycles. The largest absolute Gasteiger partial charge is 0.374 e. The van der Waals surface area contributed by atoms with E-state index in [1.165, 1.54) is 4.31 Å². The van der Waals surface area contributed by atoms with Crippen molar-refractivity contribution in [3.05, 3.63) is 16.2 Å². The van der Waals surface area contributed by atoms with Gasteiger partial charge >= 0.3 is 5.69 Å². The predicted molar refractivity (Wildman–Crippen MR) is 82.3 cm³/mol. The fourth-order valence-corrected chi connectivity index (χ4v) is 5.79. The van der Waals surface area contributed by atoms with Crippen molar-refractivity contribution in [2.45, 2.75) is 42.9 Å². The first-order chi connectivity index (χ1) is 9.91. The number of nitro groups is 1. The van der Waals surface area contributed by atoms with E-state index in [1.54, 1.807) is 7.05 Å². The predicted octanol–water partition coefficient (Wildman–Crippen LogP) is 2.65. The molecule has 1 aliphatic rings. The van der Waals surface area contributed by atoms with Gasteiger partial charge in [0, 0.05) is 25.7 Å². The fourth-order valence-electron chi connectivity index (χ4n) is 2.62. The number of hydrogen-bond donors (Lipinski definition) is 1. The normalized spacial score (nSPS) is 20.4.